The monoisotopic (exact) mass is 361 g/mol. The normalized spacial score (nSPS) is 16.1. The second kappa shape index (κ2) is 6.83. The number of hydrogen-bond donors (Lipinski definition) is 1. The second-order valence-electron chi connectivity index (χ2n) is 5.09. The van der Waals surface area contributed by atoms with Crippen LogP contribution in [0.15, 0.2) is 53.0 Å². The van der Waals surface area contributed by atoms with Crippen molar-refractivity contribution in [2.45, 2.75) is 18.9 Å². The molecule has 1 aliphatic rings. The van der Waals surface area contributed by atoms with Crippen molar-refractivity contribution in [1.82, 2.24) is 0 Å². The highest BCUT2D eigenvalue weighted by atomic mass is 79.9. The topological polar surface area (TPSA) is 47.6 Å². The van der Waals surface area contributed by atoms with Crippen LogP contribution >= 0.6 is 15.9 Å². The van der Waals surface area contributed by atoms with E-state index in [2.05, 4.69) is 21.2 Å². The minimum absolute atomic E-state index is 0.0234. The third-order valence-corrected chi connectivity index (χ3v) is 3.92. The lowest BCUT2D eigenvalue weighted by molar-refractivity contribution is -0.116. The smallest absolute Gasteiger partial charge is 0.224 e. The van der Waals surface area contributed by atoms with E-state index in [1.54, 1.807) is 0 Å². The summed E-state index contributed by atoms with van der Waals surface area (Å²) >= 11 is 3.36. The molecule has 0 bridgehead atoms. The third kappa shape index (κ3) is 3.80. The summed E-state index contributed by atoms with van der Waals surface area (Å²) in [5.41, 5.74) is 0.791. The Morgan fingerprint density at radius 3 is 2.64 bits per heavy atom. The number of anilines is 1. The largest absolute Gasteiger partial charge is 0.486 e. The summed E-state index contributed by atoms with van der Waals surface area (Å²) < 4.78 is 12.5. The quantitative estimate of drug-likeness (QED) is 0.894. The highest BCUT2D eigenvalue weighted by molar-refractivity contribution is 9.10. The van der Waals surface area contributed by atoms with E-state index in [4.69, 9.17) is 9.47 Å². The van der Waals surface area contributed by atoms with Gasteiger partial charge in [-0.05, 0) is 42.8 Å². The molecule has 0 radical (unpaired) electrons. The Hall–Kier alpha value is -2.01. The number of para-hydroxylation sites is 2. The van der Waals surface area contributed by atoms with Gasteiger partial charge in [0.05, 0.1) is 0 Å². The van der Waals surface area contributed by atoms with E-state index in [0.717, 1.165) is 21.7 Å². The molecule has 0 aliphatic carbocycles. The molecule has 1 aliphatic heterocycles. The van der Waals surface area contributed by atoms with Crippen molar-refractivity contribution >= 4 is 27.5 Å². The predicted octanol–water partition coefficient (Wildman–Crippen LogP) is 4.01. The Kier molecular flexibility index (Phi) is 4.63. The molecule has 1 heterocycles. The van der Waals surface area contributed by atoms with Gasteiger partial charge in [0.2, 0.25) is 5.91 Å². The maximum Gasteiger partial charge on any atom is 0.224 e. The zero-order valence-corrected chi connectivity index (χ0v) is 13.5. The molecule has 1 atom stereocenters. The second-order valence-corrected chi connectivity index (χ2v) is 6.01. The van der Waals surface area contributed by atoms with Gasteiger partial charge in [0, 0.05) is 16.6 Å². The van der Waals surface area contributed by atoms with Crippen LogP contribution in [0.5, 0.6) is 11.5 Å². The van der Waals surface area contributed by atoms with Gasteiger partial charge in [0.15, 0.2) is 11.5 Å². The maximum atomic E-state index is 12.0. The van der Waals surface area contributed by atoms with Gasteiger partial charge in [-0.1, -0.05) is 28.1 Å². The first-order valence-electron chi connectivity index (χ1n) is 7.14. The van der Waals surface area contributed by atoms with E-state index >= 15 is 0 Å². The van der Waals surface area contributed by atoms with Gasteiger partial charge in [-0.2, -0.15) is 0 Å². The number of halogens is 1. The molecular weight excluding hydrogens is 346 g/mol. The molecule has 1 N–H and O–H groups in total. The molecule has 5 heteroatoms. The van der Waals surface area contributed by atoms with Crippen molar-refractivity contribution in [2.75, 3.05) is 11.9 Å². The zero-order chi connectivity index (χ0) is 15.4. The van der Waals surface area contributed by atoms with Crippen molar-refractivity contribution in [3.8, 4) is 11.5 Å². The van der Waals surface area contributed by atoms with E-state index in [1.807, 2.05) is 48.5 Å². The van der Waals surface area contributed by atoms with Crippen LogP contribution in [0.1, 0.15) is 12.8 Å². The predicted molar refractivity (Wildman–Crippen MR) is 88.4 cm³/mol. The number of hydrogen-bond acceptors (Lipinski definition) is 3. The average molecular weight is 362 g/mol. The SMILES string of the molecule is O=C(CC[C@H]1COc2ccccc2O1)Nc1ccc(Br)cc1. The molecule has 0 aromatic heterocycles. The molecule has 0 spiro atoms. The molecule has 3 rings (SSSR count). The van der Waals surface area contributed by atoms with E-state index in [9.17, 15) is 4.79 Å². The number of carbonyl (C=O) groups excluding carboxylic acids is 1. The van der Waals surface area contributed by atoms with E-state index in [1.165, 1.54) is 0 Å². The molecule has 4 nitrogen and oxygen atoms in total. The fraction of sp³-hybridized carbons (Fsp3) is 0.235. The number of benzene rings is 2. The van der Waals surface area contributed by atoms with Crippen LogP contribution in [0.3, 0.4) is 0 Å². The molecule has 2 aromatic carbocycles. The fourth-order valence-corrected chi connectivity index (χ4v) is 2.52. The highest BCUT2D eigenvalue weighted by Crippen LogP contribution is 2.31. The lowest BCUT2D eigenvalue weighted by Gasteiger charge is -2.26. The van der Waals surface area contributed by atoms with Gasteiger partial charge < -0.3 is 14.8 Å². The van der Waals surface area contributed by atoms with E-state index in [-0.39, 0.29) is 12.0 Å². The highest BCUT2D eigenvalue weighted by Gasteiger charge is 2.21. The minimum Gasteiger partial charge on any atom is -0.486 e. The summed E-state index contributed by atoms with van der Waals surface area (Å²) in [6.45, 7) is 0.475. The number of amides is 1. The number of ether oxygens (including phenoxy) is 2. The summed E-state index contributed by atoms with van der Waals surface area (Å²) in [7, 11) is 0. The first-order valence-corrected chi connectivity index (χ1v) is 7.94. The Morgan fingerprint density at radius 1 is 1.14 bits per heavy atom. The van der Waals surface area contributed by atoms with Gasteiger partial charge in [-0.3, -0.25) is 4.79 Å². The van der Waals surface area contributed by atoms with Crippen LogP contribution in [0.25, 0.3) is 0 Å². The van der Waals surface area contributed by atoms with E-state index < -0.39 is 0 Å². The summed E-state index contributed by atoms with van der Waals surface area (Å²) in [6, 6.07) is 15.1. The molecule has 1 amide bonds. The standard InChI is InChI=1S/C17H16BrNO3/c18-12-5-7-13(8-6-12)19-17(20)10-9-14-11-21-15-3-1-2-4-16(15)22-14/h1-8,14H,9-11H2,(H,19,20)/t14-/m0/s1. The van der Waals surface area contributed by atoms with Crippen LogP contribution in [-0.2, 0) is 4.79 Å². The molecule has 0 saturated heterocycles. The van der Waals surface area contributed by atoms with Crippen LogP contribution in [0.4, 0.5) is 5.69 Å². The molecular formula is C17H16BrNO3. The number of rotatable bonds is 4. The molecule has 114 valence electrons. The molecule has 22 heavy (non-hydrogen) atoms. The Morgan fingerprint density at radius 2 is 1.86 bits per heavy atom. The van der Waals surface area contributed by atoms with Crippen molar-refractivity contribution in [1.29, 1.82) is 0 Å². The van der Waals surface area contributed by atoms with Crippen LogP contribution in [0, 0.1) is 0 Å². The van der Waals surface area contributed by atoms with Crippen LogP contribution in [0.2, 0.25) is 0 Å². The summed E-state index contributed by atoms with van der Waals surface area (Å²) in [4.78, 5) is 12.0. The lowest BCUT2D eigenvalue weighted by Crippen LogP contribution is -2.30. The van der Waals surface area contributed by atoms with Crippen LogP contribution in [-0.4, -0.2) is 18.6 Å². The first kappa shape index (κ1) is 14.9. The summed E-state index contributed by atoms with van der Waals surface area (Å²) in [5, 5.41) is 2.87. The third-order valence-electron chi connectivity index (χ3n) is 3.39. The molecule has 2 aromatic rings. The van der Waals surface area contributed by atoms with Gasteiger partial charge in [-0.25, -0.2) is 0 Å². The average Bonchev–Trinajstić information content (AvgIpc) is 2.55. The van der Waals surface area contributed by atoms with Crippen molar-refractivity contribution in [3.05, 3.63) is 53.0 Å². The van der Waals surface area contributed by atoms with Gasteiger partial charge >= 0.3 is 0 Å². The molecule has 0 fully saturated rings. The van der Waals surface area contributed by atoms with E-state index in [0.29, 0.717) is 19.4 Å². The van der Waals surface area contributed by atoms with Gasteiger partial charge in [0.1, 0.15) is 12.7 Å². The Labute approximate surface area is 137 Å². The number of carbonyl (C=O) groups is 1. The summed E-state index contributed by atoms with van der Waals surface area (Å²) in [6.07, 6.45) is 0.925. The summed E-state index contributed by atoms with van der Waals surface area (Å²) in [5.74, 6) is 1.48. The van der Waals surface area contributed by atoms with Crippen LogP contribution < -0.4 is 14.8 Å². The lowest BCUT2D eigenvalue weighted by atomic mass is 10.1. The first-order chi connectivity index (χ1) is 10.7. The molecule has 0 saturated carbocycles. The van der Waals surface area contributed by atoms with Gasteiger partial charge in [-0.15, -0.1) is 0 Å². The number of fused-ring (bicyclic) bond motifs is 1. The van der Waals surface area contributed by atoms with Gasteiger partial charge in [0.25, 0.3) is 0 Å². The minimum atomic E-state index is -0.0921. The zero-order valence-electron chi connectivity index (χ0n) is 11.9. The van der Waals surface area contributed by atoms with Crippen molar-refractivity contribution in [3.63, 3.8) is 0 Å². The Balaban J connectivity index is 1.49. The Bertz CT molecular complexity index is 657. The van der Waals surface area contributed by atoms with Crippen molar-refractivity contribution < 1.29 is 14.3 Å². The number of nitrogens with one attached hydrogen (secondary N) is 1. The molecule has 0 unspecified atom stereocenters. The van der Waals surface area contributed by atoms with Crippen molar-refractivity contribution in [2.24, 2.45) is 0 Å². The maximum absolute atomic E-state index is 12.0. The fourth-order valence-electron chi connectivity index (χ4n) is 2.25.